The fourth-order valence-electron chi connectivity index (χ4n) is 4.49. The molecule has 0 bridgehead atoms. The SMILES string of the molecule is Cc1cccc(C)c1NC(=O)CN1CCN(C(=O)c2cc(-c3ccco3)nc3onc(C)c23)CC1. The highest BCUT2D eigenvalue weighted by atomic mass is 16.5. The second-order valence-electron chi connectivity index (χ2n) is 8.86. The van der Waals surface area contributed by atoms with Crippen LogP contribution >= 0.6 is 0 Å². The normalized spacial score (nSPS) is 14.4. The average molecular weight is 474 g/mol. The molecule has 0 saturated carbocycles. The van der Waals surface area contributed by atoms with Crippen molar-refractivity contribution in [2.75, 3.05) is 38.0 Å². The number of hydrogen-bond acceptors (Lipinski definition) is 7. The first-order chi connectivity index (χ1) is 16.9. The summed E-state index contributed by atoms with van der Waals surface area (Å²) in [6.07, 6.45) is 1.56. The molecule has 5 rings (SSSR count). The maximum Gasteiger partial charge on any atom is 0.259 e. The van der Waals surface area contributed by atoms with Crippen LogP contribution < -0.4 is 5.32 Å². The van der Waals surface area contributed by atoms with Crippen molar-refractivity contribution in [3.05, 3.63) is 65.0 Å². The highest BCUT2D eigenvalue weighted by molar-refractivity contribution is 6.07. The van der Waals surface area contributed by atoms with Gasteiger partial charge in [0.05, 0.1) is 29.5 Å². The number of hydrogen-bond donors (Lipinski definition) is 1. The number of nitrogens with one attached hydrogen (secondary N) is 1. The summed E-state index contributed by atoms with van der Waals surface area (Å²) in [5.41, 5.74) is 4.87. The van der Waals surface area contributed by atoms with Crippen molar-refractivity contribution >= 4 is 28.6 Å². The van der Waals surface area contributed by atoms with Crippen molar-refractivity contribution in [3.8, 4) is 11.5 Å². The van der Waals surface area contributed by atoms with Gasteiger partial charge in [0.25, 0.3) is 11.6 Å². The van der Waals surface area contributed by atoms with E-state index >= 15 is 0 Å². The number of fused-ring (bicyclic) bond motifs is 1. The Labute approximate surface area is 202 Å². The number of furan rings is 1. The minimum Gasteiger partial charge on any atom is -0.463 e. The van der Waals surface area contributed by atoms with Gasteiger partial charge in [-0.15, -0.1) is 0 Å². The summed E-state index contributed by atoms with van der Waals surface area (Å²) in [5, 5.41) is 7.65. The van der Waals surface area contributed by atoms with Crippen molar-refractivity contribution in [1.82, 2.24) is 19.9 Å². The lowest BCUT2D eigenvalue weighted by atomic mass is 10.1. The lowest BCUT2D eigenvalue weighted by molar-refractivity contribution is -0.117. The zero-order valence-corrected chi connectivity index (χ0v) is 20.0. The summed E-state index contributed by atoms with van der Waals surface area (Å²) in [5.74, 6) is 0.382. The molecular weight excluding hydrogens is 446 g/mol. The number of amides is 2. The lowest BCUT2D eigenvalue weighted by Crippen LogP contribution is -2.50. The van der Waals surface area contributed by atoms with Crippen molar-refractivity contribution < 1.29 is 18.5 Å². The molecular formula is C26H27N5O4. The molecule has 1 N–H and O–H groups in total. The standard InChI is InChI=1S/C26H27N5O4/c1-16-6-4-7-17(2)24(16)28-22(32)15-30-9-11-31(12-10-30)26(33)19-14-20(21-8-5-13-34-21)27-25-23(19)18(3)29-35-25/h4-8,13-14H,9-12,15H2,1-3H3,(H,28,32). The monoisotopic (exact) mass is 473 g/mol. The fraction of sp³-hybridized carbons (Fsp3) is 0.308. The Morgan fingerprint density at radius 3 is 2.46 bits per heavy atom. The van der Waals surface area contributed by atoms with Gasteiger partial charge in [0.15, 0.2) is 5.76 Å². The van der Waals surface area contributed by atoms with Crippen LogP contribution in [-0.2, 0) is 4.79 Å². The van der Waals surface area contributed by atoms with Crippen LogP contribution in [0, 0.1) is 20.8 Å². The van der Waals surface area contributed by atoms with Crippen LogP contribution in [0.15, 0.2) is 51.6 Å². The molecule has 0 aliphatic carbocycles. The number of carbonyl (C=O) groups excluding carboxylic acids is 2. The summed E-state index contributed by atoms with van der Waals surface area (Å²) in [6.45, 7) is 8.28. The number of benzene rings is 1. The highest BCUT2D eigenvalue weighted by Gasteiger charge is 2.27. The van der Waals surface area contributed by atoms with Crippen LogP contribution in [0.5, 0.6) is 0 Å². The van der Waals surface area contributed by atoms with Crippen LogP contribution in [-0.4, -0.2) is 64.5 Å². The Morgan fingerprint density at radius 1 is 1.03 bits per heavy atom. The van der Waals surface area contributed by atoms with E-state index in [2.05, 4.69) is 20.4 Å². The van der Waals surface area contributed by atoms with Gasteiger partial charge in [-0.3, -0.25) is 14.5 Å². The summed E-state index contributed by atoms with van der Waals surface area (Å²) >= 11 is 0. The molecule has 9 heteroatoms. The Balaban J connectivity index is 1.27. The predicted molar refractivity (Wildman–Crippen MR) is 131 cm³/mol. The van der Waals surface area contributed by atoms with Crippen molar-refractivity contribution in [2.45, 2.75) is 20.8 Å². The number of carbonyl (C=O) groups is 2. The van der Waals surface area contributed by atoms with Crippen LogP contribution in [0.2, 0.25) is 0 Å². The molecule has 1 saturated heterocycles. The van der Waals surface area contributed by atoms with E-state index in [0.717, 1.165) is 16.8 Å². The van der Waals surface area contributed by atoms with Gasteiger partial charge < -0.3 is 19.2 Å². The smallest absolute Gasteiger partial charge is 0.259 e. The average Bonchev–Trinajstić information content (AvgIpc) is 3.52. The maximum atomic E-state index is 13.5. The highest BCUT2D eigenvalue weighted by Crippen LogP contribution is 2.28. The van der Waals surface area contributed by atoms with Crippen LogP contribution in [0.25, 0.3) is 22.6 Å². The summed E-state index contributed by atoms with van der Waals surface area (Å²) in [4.78, 5) is 34.5. The first-order valence-electron chi connectivity index (χ1n) is 11.6. The van der Waals surface area contributed by atoms with Crippen LogP contribution in [0.3, 0.4) is 0 Å². The fourth-order valence-corrected chi connectivity index (χ4v) is 4.49. The number of rotatable bonds is 5. The summed E-state index contributed by atoms with van der Waals surface area (Å²) in [6, 6.07) is 11.2. The number of aromatic nitrogens is 2. The third-order valence-corrected chi connectivity index (χ3v) is 6.39. The van der Waals surface area contributed by atoms with Gasteiger partial charge in [0, 0.05) is 31.9 Å². The molecule has 180 valence electrons. The van der Waals surface area contributed by atoms with E-state index in [4.69, 9.17) is 8.94 Å². The topological polar surface area (TPSA) is 105 Å². The minimum absolute atomic E-state index is 0.0544. The van der Waals surface area contributed by atoms with E-state index in [9.17, 15) is 9.59 Å². The van der Waals surface area contributed by atoms with Gasteiger partial charge in [-0.05, 0) is 50.1 Å². The molecule has 1 aliphatic heterocycles. The molecule has 0 radical (unpaired) electrons. The Morgan fingerprint density at radius 2 is 1.77 bits per heavy atom. The molecule has 3 aromatic heterocycles. The van der Waals surface area contributed by atoms with E-state index in [0.29, 0.717) is 60.0 Å². The first kappa shape index (κ1) is 22.8. The molecule has 1 fully saturated rings. The molecule has 1 aromatic carbocycles. The zero-order valence-electron chi connectivity index (χ0n) is 20.0. The Hall–Kier alpha value is -3.98. The molecule has 2 amide bonds. The minimum atomic E-state index is -0.115. The molecule has 4 heterocycles. The molecule has 35 heavy (non-hydrogen) atoms. The number of piperazine rings is 1. The number of para-hydroxylation sites is 1. The van der Waals surface area contributed by atoms with Gasteiger partial charge in [-0.25, -0.2) is 4.98 Å². The van der Waals surface area contributed by atoms with Crippen molar-refractivity contribution in [1.29, 1.82) is 0 Å². The third-order valence-electron chi connectivity index (χ3n) is 6.39. The largest absolute Gasteiger partial charge is 0.463 e. The molecule has 0 unspecified atom stereocenters. The van der Waals surface area contributed by atoms with Gasteiger partial charge in [0.1, 0.15) is 5.69 Å². The number of aryl methyl sites for hydroxylation is 3. The lowest BCUT2D eigenvalue weighted by Gasteiger charge is -2.34. The molecule has 0 spiro atoms. The van der Waals surface area contributed by atoms with Crippen molar-refractivity contribution in [3.63, 3.8) is 0 Å². The Bertz CT molecular complexity index is 1360. The summed E-state index contributed by atoms with van der Waals surface area (Å²) in [7, 11) is 0. The second-order valence-corrected chi connectivity index (χ2v) is 8.86. The van der Waals surface area contributed by atoms with E-state index in [1.165, 1.54) is 0 Å². The molecule has 1 aliphatic rings. The number of pyridine rings is 1. The summed E-state index contributed by atoms with van der Waals surface area (Å²) < 4.78 is 10.8. The van der Waals surface area contributed by atoms with E-state index in [1.54, 1.807) is 36.3 Å². The molecule has 0 atom stereocenters. The zero-order chi connectivity index (χ0) is 24.5. The van der Waals surface area contributed by atoms with Crippen LogP contribution in [0.1, 0.15) is 27.2 Å². The predicted octanol–water partition coefficient (Wildman–Crippen LogP) is 3.80. The van der Waals surface area contributed by atoms with Crippen molar-refractivity contribution in [2.24, 2.45) is 0 Å². The van der Waals surface area contributed by atoms with Gasteiger partial charge in [0.2, 0.25) is 5.91 Å². The molecule has 4 aromatic rings. The second kappa shape index (κ2) is 9.34. The molecule has 9 nitrogen and oxygen atoms in total. The number of anilines is 1. The van der Waals surface area contributed by atoms with Gasteiger partial charge in [-0.2, -0.15) is 0 Å². The quantitative estimate of drug-likeness (QED) is 0.470. The maximum absolute atomic E-state index is 13.5. The van der Waals surface area contributed by atoms with Gasteiger partial charge in [-0.1, -0.05) is 23.4 Å². The Kier molecular flexibility index (Phi) is 6.08. The van der Waals surface area contributed by atoms with Crippen LogP contribution in [0.4, 0.5) is 5.69 Å². The van der Waals surface area contributed by atoms with E-state index in [-0.39, 0.29) is 18.4 Å². The first-order valence-corrected chi connectivity index (χ1v) is 11.6. The van der Waals surface area contributed by atoms with E-state index in [1.807, 2.05) is 32.0 Å². The number of nitrogens with zero attached hydrogens (tertiary/aromatic N) is 4. The van der Waals surface area contributed by atoms with E-state index < -0.39 is 0 Å². The third kappa shape index (κ3) is 4.54. The van der Waals surface area contributed by atoms with Gasteiger partial charge >= 0.3 is 0 Å².